The van der Waals surface area contributed by atoms with Crippen LogP contribution in [0.4, 0.5) is 22.0 Å². The van der Waals surface area contributed by atoms with Crippen LogP contribution in [0, 0.1) is 18.6 Å². The van der Waals surface area contributed by atoms with Gasteiger partial charge in [-0.25, -0.2) is 13.8 Å². The van der Waals surface area contributed by atoms with Crippen molar-refractivity contribution in [1.82, 2.24) is 19.4 Å². The van der Waals surface area contributed by atoms with Crippen LogP contribution in [-0.2, 0) is 20.5 Å². The smallest absolute Gasteiger partial charge is 0.368 e. The van der Waals surface area contributed by atoms with Crippen LogP contribution < -0.4 is 0 Å². The molecule has 3 unspecified atom stereocenters. The number of amides is 2. The number of allylic oxidation sites excluding steroid dienone is 3. The topological polar surface area (TPSA) is 67.7 Å². The van der Waals surface area contributed by atoms with Crippen LogP contribution in [-0.4, -0.2) is 56.9 Å². The summed E-state index contributed by atoms with van der Waals surface area (Å²) < 4.78 is 74.7. The minimum atomic E-state index is -5.15. The number of rotatable bonds is 6. The van der Waals surface area contributed by atoms with Gasteiger partial charge in [0, 0.05) is 25.0 Å². The lowest BCUT2D eigenvalue weighted by Gasteiger charge is -2.39. The van der Waals surface area contributed by atoms with Crippen LogP contribution in [0.1, 0.15) is 63.5 Å². The largest absolute Gasteiger partial charge is 0.422 e. The summed E-state index contributed by atoms with van der Waals surface area (Å²) in [7, 11) is 0. The van der Waals surface area contributed by atoms with E-state index >= 15 is 0 Å². The van der Waals surface area contributed by atoms with Crippen molar-refractivity contribution in [3.63, 3.8) is 0 Å². The SMILES string of the molecule is C/C(=C\C=C1\C(=O)N(C(C)C2CCC(c3cc(F)c(C(F)(F)F)c(F)c3)O2)CCN1C=O)n1cnc(C)c1.CC. The molecule has 218 valence electrons. The van der Waals surface area contributed by atoms with Gasteiger partial charge in [-0.05, 0) is 63.5 Å². The van der Waals surface area contributed by atoms with Gasteiger partial charge in [-0.3, -0.25) is 9.59 Å². The molecule has 2 amide bonds. The van der Waals surface area contributed by atoms with Crippen molar-refractivity contribution in [3.05, 3.63) is 71.0 Å². The Hall–Kier alpha value is -3.54. The van der Waals surface area contributed by atoms with Gasteiger partial charge in [-0.1, -0.05) is 13.8 Å². The van der Waals surface area contributed by atoms with E-state index in [0.29, 0.717) is 31.4 Å². The molecule has 2 fully saturated rings. The Kier molecular flexibility index (Phi) is 9.88. The van der Waals surface area contributed by atoms with E-state index in [-0.39, 0.29) is 30.3 Å². The Bertz CT molecular complexity index is 1260. The van der Waals surface area contributed by atoms with Gasteiger partial charge in [0.05, 0.1) is 30.3 Å². The van der Waals surface area contributed by atoms with Gasteiger partial charge in [0.2, 0.25) is 6.41 Å². The Morgan fingerprint density at radius 3 is 2.35 bits per heavy atom. The third-order valence-corrected chi connectivity index (χ3v) is 6.90. The van der Waals surface area contributed by atoms with E-state index in [1.807, 2.05) is 33.9 Å². The maximum Gasteiger partial charge on any atom is 0.422 e. The van der Waals surface area contributed by atoms with Crippen molar-refractivity contribution in [2.24, 2.45) is 0 Å². The maximum absolute atomic E-state index is 14.1. The minimum Gasteiger partial charge on any atom is -0.368 e. The van der Waals surface area contributed by atoms with Crippen LogP contribution in [0.25, 0.3) is 5.70 Å². The lowest BCUT2D eigenvalue weighted by Crippen LogP contribution is -2.54. The summed E-state index contributed by atoms with van der Waals surface area (Å²) in [5.41, 5.74) is -0.189. The number of aryl methyl sites for hydroxylation is 1. The fourth-order valence-electron chi connectivity index (χ4n) is 4.79. The summed E-state index contributed by atoms with van der Waals surface area (Å²) >= 11 is 0. The second-order valence-electron chi connectivity index (χ2n) is 9.42. The number of ether oxygens (including phenoxy) is 1. The minimum absolute atomic E-state index is 0.0317. The van der Waals surface area contributed by atoms with E-state index < -0.39 is 41.6 Å². The third kappa shape index (κ3) is 6.60. The molecule has 4 rings (SSSR count). The van der Waals surface area contributed by atoms with Crippen LogP contribution in [0.3, 0.4) is 0 Å². The van der Waals surface area contributed by atoms with E-state index in [1.165, 1.54) is 4.90 Å². The summed E-state index contributed by atoms with van der Waals surface area (Å²) in [5, 5.41) is 0. The van der Waals surface area contributed by atoms with Gasteiger partial charge < -0.3 is 19.1 Å². The van der Waals surface area contributed by atoms with Gasteiger partial charge in [-0.2, -0.15) is 13.2 Å². The number of alkyl halides is 3. The van der Waals surface area contributed by atoms with Gasteiger partial charge in [0.1, 0.15) is 22.9 Å². The van der Waals surface area contributed by atoms with E-state index in [0.717, 1.165) is 11.4 Å². The van der Waals surface area contributed by atoms with Crippen LogP contribution in [0.15, 0.2) is 42.5 Å². The number of imidazole rings is 1. The molecule has 0 bridgehead atoms. The molecular weight excluding hydrogens is 535 g/mol. The molecule has 2 aliphatic heterocycles. The second-order valence-corrected chi connectivity index (χ2v) is 9.42. The highest BCUT2D eigenvalue weighted by Gasteiger charge is 2.41. The molecule has 0 spiro atoms. The van der Waals surface area contributed by atoms with Gasteiger partial charge in [0.25, 0.3) is 5.91 Å². The molecule has 0 aliphatic carbocycles. The molecule has 3 heterocycles. The first-order chi connectivity index (χ1) is 18.9. The monoisotopic (exact) mass is 568 g/mol. The zero-order chi connectivity index (χ0) is 29.8. The maximum atomic E-state index is 14.1. The fraction of sp³-hybridized carbons (Fsp3) is 0.464. The van der Waals surface area contributed by atoms with Gasteiger partial charge in [0.15, 0.2) is 0 Å². The number of hydrogen-bond donors (Lipinski definition) is 0. The fourth-order valence-corrected chi connectivity index (χ4v) is 4.79. The normalized spacial score (nSPS) is 21.9. The van der Waals surface area contributed by atoms with Gasteiger partial charge >= 0.3 is 6.18 Å². The van der Waals surface area contributed by atoms with Crippen molar-refractivity contribution in [2.75, 3.05) is 13.1 Å². The number of nitrogens with zero attached hydrogens (tertiary/aromatic N) is 4. The predicted molar refractivity (Wildman–Crippen MR) is 138 cm³/mol. The predicted octanol–water partition coefficient (Wildman–Crippen LogP) is 5.87. The van der Waals surface area contributed by atoms with Crippen LogP contribution in [0.2, 0.25) is 0 Å². The van der Waals surface area contributed by atoms with Crippen LogP contribution in [0.5, 0.6) is 0 Å². The number of aromatic nitrogens is 2. The standard InChI is InChI=1S/C26H27F5N4O3.C2H6/c1-15-12-34(13-32-15)16(2)4-5-21-25(37)35(9-8-33(21)14-36)17(3)22-6-7-23(38-22)18-10-19(27)24(20(28)11-18)26(29,30)31;1-2/h4-5,10-14,17,22-23H,6-9H2,1-3H3;1-2H3/b16-4+,21-5-;. The van der Waals surface area contributed by atoms with Crippen molar-refractivity contribution in [3.8, 4) is 0 Å². The molecule has 0 radical (unpaired) electrons. The molecule has 2 aliphatic rings. The summed E-state index contributed by atoms with van der Waals surface area (Å²) in [6.07, 6.45) is 1.56. The molecule has 2 saturated heterocycles. The van der Waals surface area contributed by atoms with Crippen molar-refractivity contribution in [1.29, 1.82) is 0 Å². The second kappa shape index (κ2) is 12.8. The number of halogens is 5. The van der Waals surface area contributed by atoms with Crippen molar-refractivity contribution < 1.29 is 36.3 Å². The molecule has 1 aromatic heterocycles. The first-order valence-corrected chi connectivity index (χ1v) is 13.0. The molecule has 1 aromatic carbocycles. The summed E-state index contributed by atoms with van der Waals surface area (Å²) in [6, 6.07) is 0.833. The number of carbonyl (C=O) groups is 2. The van der Waals surface area contributed by atoms with Crippen LogP contribution >= 0.6 is 0 Å². The molecule has 0 N–H and O–H groups in total. The zero-order valence-corrected chi connectivity index (χ0v) is 23.0. The van der Waals surface area contributed by atoms with E-state index in [2.05, 4.69) is 4.98 Å². The molecule has 12 heteroatoms. The Balaban J connectivity index is 0.00000216. The molecule has 7 nitrogen and oxygen atoms in total. The van der Waals surface area contributed by atoms with E-state index in [4.69, 9.17) is 4.74 Å². The third-order valence-electron chi connectivity index (χ3n) is 6.90. The summed E-state index contributed by atoms with van der Waals surface area (Å²) in [6.45, 7) is 9.95. The number of carbonyl (C=O) groups excluding carboxylic acids is 2. The zero-order valence-electron chi connectivity index (χ0n) is 23.0. The van der Waals surface area contributed by atoms with Crippen molar-refractivity contribution in [2.45, 2.75) is 71.9 Å². The highest BCUT2D eigenvalue weighted by Crippen LogP contribution is 2.39. The number of piperazine rings is 1. The quantitative estimate of drug-likeness (QED) is 0.249. The number of hydrogen-bond acceptors (Lipinski definition) is 4. The van der Waals surface area contributed by atoms with E-state index in [1.54, 1.807) is 34.9 Å². The highest BCUT2D eigenvalue weighted by molar-refractivity contribution is 5.96. The lowest BCUT2D eigenvalue weighted by atomic mass is 10.0. The van der Waals surface area contributed by atoms with Gasteiger partial charge in [-0.15, -0.1) is 0 Å². The molecular formula is C28H33F5N4O3. The highest BCUT2D eigenvalue weighted by atomic mass is 19.4. The average molecular weight is 569 g/mol. The van der Waals surface area contributed by atoms with E-state index in [9.17, 15) is 31.5 Å². The summed E-state index contributed by atoms with van der Waals surface area (Å²) in [4.78, 5) is 32.0. The Morgan fingerprint density at radius 1 is 1.15 bits per heavy atom. The van der Waals surface area contributed by atoms with Crippen molar-refractivity contribution >= 4 is 18.0 Å². The molecule has 0 saturated carbocycles. The molecule has 2 aromatic rings. The Morgan fingerprint density at radius 2 is 1.80 bits per heavy atom. The lowest BCUT2D eigenvalue weighted by molar-refractivity contribution is -0.142. The first-order valence-electron chi connectivity index (χ1n) is 13.0. The average Bonchev–Trinajstić information content (AvgIpc) is 3.57. The first kappa shape index (κ1) is 31.0. The molecule has 3 atom stereocenters. The number of benzene rings is 1. The molecule has 40 heavy (non-hydrogen) atoms. The Labute approximate surface area is 229 Å². The summed E-state index contributed by atoms with van der Waals surface area (Å²) in [5.74, 6) is -3.78.